The Morgan fingerprint density at radius 2 is 1.84 bits per heavy atom. The summed E-state index contributed by atoms with van der Waals surface area (Å²) in [5, 5.41) is 2.89. The van der Waals surface area contributed by atoms with E-state index in [-0.39, 0.29) is 12.5 Å². The number of para-hydroxylation sites is 2. The number of ether oxygens (including phenoxy) is 2. The smallest absolute Gasteiger partial charge is 0.263 e. The first-order valence-corrected chi connectivity index (χ1v) is 10.4. The van der Waals surface area contributed by atoms with Gasteiger partial charge in [0.1, 0.15) is 0 Å². The molecule has 2 heterocycles. The number of rotatable bonds is 7. The number of amides is 1. The highest BCUT2D eigenvalue weighted by Crippen LogP contribution is 2.30. The van der Waals surface area contributed by atoms with Gasteiger partial charge in [-0.25, -0.2) is 9.97 Å². The number of carbonyl (C=O) groups excluding carboxylic acids is 1. The van der Waals surface area contributed by atoms with Crippen LogP contribution >= 0.6 is 0 Å². The number of nitrogens with zero attached hydrogens (tertiary/aromatic N) is 3. The molecule has 1 aliphatic heterocycles. The second kappa shape index (κ2) is 9.47. The molecule has 7 nitrogen and oxygen atoms in total. The van der Waals surface area contributed by atoms with Gasteiger partial charge < -0.3 is 19.7 Å². The molecule has 1 fully saturated rings. The lowest BCUT2D eigenvalue weighted by Gasteiger charge is -2.20. The van der Waals surface area contributed by atoms with Gasteiger partial charge in [-0.05, 0) is 49.6 Å². The number of methoxy groups -OCH3 is 1. The Labute approximate surface area is 181 Å². The van der Waals surface area contributed by atoms with E-state index in [0.29, 0.717) is 23.1 Å². The topological polar surface area (TPSA) is 76.6 Å². The van der Waals surface area contributed by atoms with Gasteiger partial charge in [-0.1, -0.05) is 30.4 Å². The Bertz CT molecular complexity index is 1110. The minimum atomic E-state index is -0.301. The van der Waals surface area contributed by atoms with E-state index in [1.165, 1.54) is 0 Å². The lowest BCUT2D eigenvalue weighted by atomic mass is 10.2. The summed E-state index contributed by atoms with van der Waals surface area (Å²) < 4.78 is 11.1. The van der Waals surface area contributed by atoms with E-state index in [1.807, 2.05) is 55.5 Å². The van der Waals surface area contributed by atoms with Crippen LogP contribution in [0.4, 0.5) is 11.6 Å². The van der Waals surface area contributed by atoms with E-state index in [0.717, 1.165) is 42.5 Å². The summed E-state index contributed by atoms with van der Waals surface area (Å²) in [5.74, 6) is 1.95. The minimum absolute atomic E-state index is 0.159. The molecule has 1 saturated heterocycles. The maximum absolute atomic E-state index is 12.7. The molecule has 2 aromatic carbocycles. The molecule has 1 aliphatic rings. The maximum Gasteiger partial charge on any atom is 0.263 e. The summed E-state index contributed by atoms with van der Waals surface area (Å²) in [6.45, 7) is 3.60. The third kappa shape index (κ3) is 4.77. The molecule has 160 valence electrons. The van der Waals surface area contributed by atoms with E-state index in [2.05, 4.69) is 15.2 Å². The van der Waals surface area contributed by atoms with Crippen molar-refractivity contribution in [2.45, 2.75) is 19.8 Å². The van der Waals surface area contributed by atoms with Crippen LogP contribution in [0, 0.1) is 0 Å². The first-order chi connectivity index (χ1) is 15.2. The zero-order chi connectivity index (χ0) is 21.6. The molecule has 0 unspecified atom stereocenters. The monoisotopic (exact) mass is 418 g/mol. The standard InChI is InChI=1S/C24H26N4O3/c1-3-8-17-11-12-20(21(15-17)30-2)31-16-22(29)27-23-24(28-13-6-7-14-28)26-19-10-5-4-9-18(19)25-23/h3-5,8-12,15H,6-7,13-14,16H2,1-2H3,(H,25,27,29)/b8-3+. The van der Waals surface area contributed by atoms with Crippen LogP contribution in [0.1, 0.15) is 25.3 Å². The van der Waals surface area contributed by atoms with Gasteiger partial charge in [0, 0.05) is 13.1 Å². The number of nitrogens with one attached hydrogen (secondary N) is 1. The second-order valence-electron chi connectivity index (χ2n) is 7.33. The number of anilines is 2. The van der Waals surface area contributed by atoms with Crippen LogP contribution in [-0.4, -0.2) is 42.7 Å². The average molecular weight is 418 g/mol. The zero-order valence-electron chi connectivity index (χ0n) is 17.8. The Hall–Kier alpha value is -3.61. The van der Waals surface area contributed by atoms with Gasteiger partial charge in [0.2, 0.25) is 0 Å². The molecule has 0 atom stereocenters. The quantitative estimate of drug-likeness (QED) is 0.617. The second-order valence-corrected chi connectivity index (χ2v) is 7.33. The molecule has 3 aromatic rings. The van der Waals surface area contributed by atoms with Crippen molar-refractivity contribution >= 4 is 34.7 Å². The first-order valence-electron chi connectivity index (χ1n) is 10.4. The largest absolute Gasteiger partial charge is 0.493 e. The Balaban J connectivity index is 1.51. The third-order valence-corrected chi connectivity index (χ3v) is 5.12. The number of fused-ring (bicyclic) bond motifs is 1. The lowest BCUT2D eigenvalue weighted by Crippen LogP contribution is -2.25. The summed E-state index contributed by atoms with van der Waals surface area (Å²) in [6.07, 6.45) is 6.13. The van der Waals surface area contributed by atoms with E-state index < -0.39 is 0 Å². The molecule has 4 rings (SSSR count). The summed E-state index contributed by atoms with van der Waals surface area (Å²) in [7, 11) is 1.58. The van der Waals surface area contributed by atoms with E-state index >= 15 is 0 Å². The van der Waals surface area contributed by atoms with Crippen molar-refractivity contribution in [3.05, 3.63) is 54.1 Å². The van der Waals surface area contributed by atoms with E-state index in [9.17, 15) is 4.79 Å². The van der Waals surface area contributed by atoms with Gasteiger partial charge in [0.15, 0.2) is 29.7 Å². The van der Waals surface area contributed by atoms with Gasteiger partial charge >= 0.3 is 0 Å². The van der Waals surface area contributed by atoms with Crippen LogP contribution in [-0.2, 0) is 4.79 Å². The molecule has 0 aliphatic carbocycles. The summed E-state index contributed by atoms with van der Waals surface area (Å²) in [4.78, 5) is 24.3. The van der Waals surface area contributed by atoms with E-state index in [1.54, 1.807) is 13.2 Å². The molecule has 1 aromatic heterocycles. The van der Waals surface area contributed by atoms with Gasteiger partial charge in [0.25, 0.3) is 5.91 Å². The number of carbonyl (C=O) groups is 1. The molecule has 31 heavy (non-hydrogen) atoms. The predicted molar refractivity (Wildman–Crippen MR) is 123 cm³/mol. The van der Waals surface area contributed by atoms with Crippen LogP contribution in [0.15, 0.2) is 48.5 Å². The molecule has 0 spiro atoms. The van der Waals surface area contributed by atoms with E-state index in [4.69, 9.17) is 14.5 Å². The minimum Gasteiger partial charge on any atom is -0.493 e. The van der Waals surface area contributed by atoms with Gasteiger partial charge in [0.05, 0.1) is 18.1 Å². The number of benzene rings is 2. The molecule has 0 saturated carbocycles. The lowest BCUT2D eigenvalue weighted by molar-refractivity contribution is -0.118. The number of hydrogen-bond acceptors (Lipinski definition) is 6. The molecule has 0 bridgehead atoms. The molecular formula is C24H26N4O3. The number of hydrogen-bond donors (Lipinski definition) is 1. The number of allylic oxidation sites excluding steroid dienone is 1. The van der Waals surface area contributed by atoms with Crippen LogP contribution in [0.5, 0.6) is 11.5 Å². The van der Waals surface area contributed by atoms with Crippen molar-refractivity contribution < 1.29 is 14.3 Å². The fourth-order valence-electron chi connectivity index (χ4n) is 3.63. The van der Waals surface area contributed by atoms with Crippen LogP contribution in [0.2, 0.25) is 0 Å². The van der Waals surface area contributed by atoms with Crippen LogP contribution < -0.4 is 19.7 Å². The van der Waals surface area contributed by atoms with Crippen molar-refractivity contribution in [1.82, 2.24) is 9.97 Å². The predicted octanol–water partition coefficient (Wildman–Crippen LogP) is 4.29. The highest BCUT2D eigenvalue weighted by atomic mass is 16.5. The Morgan fingerprint density at radius 3 is 2.55 bits per heavy atom. The highest BCUT2D eigenvalue weighted by molar-refractivity contribution is 5.95. The fourth-order valence-corrected chi connectivity index (χ4v) is 3.63. The van der Waals surface area contributed by atoms with Crippen molar-refractivity contribution in [2.24, 2.45) is 0 Å². The van der Waals surface area contributed by atoms with Gasteiger partial charge in [-0.3, -0.25) is 4.79 Å². The molecule has 7 heteroatoms. The highest BCUT2D eigenvalue weighted by Gasteiger charge is 2.21. The summed E-state index contributed by atoms with van der Waals surface area (Å²) >= 11 is 0. The summed E-state index contributed by atoms with van der Waals surface area (Å²) in [6, 6.07) is 13.2. The van der Waals surface area contributed by atoms with Crippen molar-refractivity contribution in [3.63, 3.8) is 0 Å². The molecule has 1 N–H and O–H groups in total. The zero-order valence-corrected chi connectivity index (χ0v) is 17.8. The van der Waals surface area contributed by atoms with Crippen molar-refractivity contribution in [2.75, 3.05) is 37.0 Å². The maximum atomic E-state index is 12.7. The number of aromatic nitrogens is 2. The first kappa shape index (κ1) is 20.7. The molecule has 0 radical (unpaired) electrons. The fraction of sp³-hybridized carbons (Fsp3) is 0.292. The summed E-state index contributed by atoms with van der Waals surface area (Å²) in [5.41, 5.74) is 2.55. The molecular weight excluding hydrogens is 392 g/mol. The Morgan fingerprint density at radius 1 is 1.10 bits per heavy atom. The average Bonchev–Trinajstić information content (AvgIpc) is 3.32. The van der Waals surface area contributed by atoms with Crippen LogP contribution in [0.3, 0.4) is 0 Å². The SMILES string of the molecule is C/C=C/c1ccc(OCC(=O)Nc2nc3ccccc3nc2N2CCCC2)c(OC)c1. The van der Waals surface area contributed by atoms with Crippen molar-refractivity contribution in [3.8, 4) is 11.5 Å². The van der Waals surface area contributed by atoms with Crippen molar-refractivity contribution in [1.29, 1.82) is 0 Å². The van der Waals surface area contributed by atoms with Gasteiger partial charge in [-0.2, -0.15) is 0 Å². The normalized spacial score (nSPS) is 13.7. The van der Waals surface area contributed by atoms with Crippen LogP contribution in [0.25, 0.3) is 17.1 Å². The Kier molecular flexibility index (Phi) is 6.31. The molecule has 1 amide bonds. The third-order valence-electron chi connectivity index (χ3n) is 5.12. The van der Waals surface area contributed by atoms with Gasteiger partial charge in [-0.15, -0.1) is 0 Å².